The smallest absolute Gasteiger partial charge is 0.365 e. The third-order valence-corrected chi connectivity index (χ3v) is 7.58. The van der Waals surface area contributed by atoms with Crippen LogP contribution < -0.4 is 10.9 Å². The van der Waals surface area contributed by atoms with Crippen LogP contribution in [0.5, 0.6) is 0 Å². The van der Waals surface area contributed by atoms with E-state index >= 15 is 0 Å². The molecule has 1 N–H and O–H groups in total. The molecule has 0 aliphatic rings. The van der Waals surface area contributed by atoms with Gasteiger partial charge in [-0.05, 0) is 12.1 Å². The van der Waals surface area contributed by atoms with Crippen molar-refractivity contribution in [3.05, 3.63) is 50.4 Å². The molecule has 3 aromatic heterocycles. The Hall–Kier alpha value is -2.72. The van der Waals surface area contributed by atoms with E-state index in [2.05, 4.69) is 20.3 Å². The second kappa shape index (κ2) is 10.3. The number of pyridine rings is 1. The molecule has 3 heterocycles. The first-order chi connectivity index (χ1) is 16.6. The minimum absolute atomic E-state index is 0.0887. The van der Waals surface area contributed by atoms with Crippen molar-refractivity contribution in [2.24, 2.45) is 0 Å². The summed E-state index contributed by atoms with van der Waals surface area (Å²) < 4.78 is 103. The fourth-order valence-corrected chi connectivity index (χ4v) is 4.85. The molecule has 0 saturated carbocycles. The van der Waals surface area contributed by atoms with Gasteiger partial charge in [0.05, 0.1) is 35.8 Å². The van der Waals surface area contributed by atoms with E-state index in [1.807, 2.05) is 0 Å². The van der Waals surface area contributed by atoms with E-state index < -0.39 is 40.2 Å². The molecule has 0 aliphatic heterocycles. The summed E-state index contributed by atoms with van der Waals surface area (Å²) in [5.74, 6) is -5.14. The molecule has 0 saturated heterocycles. The van der Waals surface area contributed by atoms with Crippen LogP contribution in [0.4, 0.5) is 32.2 Å². The van der Waals surface area contributed by atoms with E-state index in [4.69, 9.17) is 11.6 Å². The molecule has 0 bridgehead atoms. The lowest BCUT2D eigenvalue weighted by Gasteiger charge is -2.23. The van der Waals surface area contributed by atoms with E-state index in [-0.39, 0.29) is 39.0 Å². The summed E-state index contributed by atoms with van der Waals surface area (Å²) in [5, 5.41) is 2.91. The maximum atomic E-state index is 13.8. The first kappa shape index (κ1) is 27.9. The number of hydrogen-bond donors (Lipinski definition) is 1. The molecule has 1 atom stereocenters. The van der Waals surface area contributed by atoms with Crippen molar-refractivity contribution in [3.63, 3.8) is 0 Å². The molecular formula is C19H16ClF6N5O3S2. The monoisotopic (exact) mass is 575 g/mol. The van der Waals surface area contributed by atoms with Crippen molar-refractivity contribution in [1.29, 1.82) is 0 Å². The Morgan fingerprint density at radius 2 is 1.89 bits per heavy atom. The van der Waals surface area contributed by atoms with Gasteiger partial charge in [-0.2, -0.15) is 13.2 Å². The Kier molecular flexibility index (Phi) is 8.00. The molecule has 0 fully saturated rings. The van der Waals surface area contributed by atoms with Crippen LogP contribution in [0.1, 0.15) is 11.8 Å². The molecule has 0 radical (unpaired) electrons. The van der Waals surface area contributed by atoms with Crippen LogP contribution in [0.2, 0.25) is 4.47 Å². The zero-order valence-corrected chi connectivity index (χ0v) is 20.5. The summed E-state index contributed by atoms with van der Waals surface area (Å²) >= 11 is 6.96. The summed E-state index contributed by atoms with van der Waals surface area (Å²) in [6.45, 7) is -0.364. The van der Waals surface area contributed by atoms with Gasteiger partial charge in [0.2, 0.25) is 0 Å². The Morgan fingerprint density at radius 3 is 2.44 bits per heavy atom. The van der Waals surface area contributed by atoms with Crippen LogP contribution in [0, 0.1) is 0 Å². The summed E-state index contributed by atoms with van der Waals surface area (Å²) in [6, 6.07) is 3.19. The Balaban J connectivity index is 1.98. The number of nitrogens with one attached hydrogen (secondary N) is 1. The van der Waals surface area contributed by atoms with E-state index in [0.717, 1.165) is 4.88 Å². The van der Waals surface area contributed by atoms with Crippen molar-refractivity contribution >= 4 is 38.6 Å². The lowest BCUT2D eigenvalue weighted by atomic mass is 10.2. The van der Waals surface area contributed by atoms with Gasteiger partial charge in [0, 0.05) is 17.1 Å². The molecule has 0 amide bonds. The quantitative estimate of drug-likeness (QED) is 0.378. The summed E-state index contributed by atoms with van der Waals surface area (Å²) in [5.41, 5.74) is -1.91. The molecule has 1 unspecified atom stereocenters. The number of halogens is 7. The van der Waals surface area contributed by atoms with Crippen LogP contribution in [-0.4, -0.2) is 52.0 Å². The topological polar surface area (TPSA) is 107 Å². The number of alkyl halides is 6. The Labute approximate surface area is 208 Å². The summed E-state index contributed by atoms with van der Waals surface area (Å²) in [4.78, 5) is 24.6. The summed E-state index contributed by atoms with van der Waals surface area (Å²) in [7, 11) is -3.90. The van der Waals surface area contributed by atoms with E-state index in [9.17, 15) is 39.6 Å². The minimum Gasteiger partial charge on any atom is -0.365 e. The van der Waals surface area contributed by atoms with Gasteiger partial charge >= 0.3 is 12.1 Å². The largest absolute Gasteiger partial charge is 0.425 e. The lowest BCUT2D eigenvalue weighted by Crippen LogP contribution is -2.46. The average Bonchev–Trinajstić information content (AvgIpc) is 3.22. The standard InChI is InChI=1S/C19H16ClF6N5O3S2/c1-2-36(33,34)12-3-4-13(27-6-10-7-28-17(20)35-10)30-15(12)11-5-14(32)31(9-29-11)8-18(22,23)16(21)19(24,25)26/h3-5,7,9,16H,2,6,8H2,1H3,(H,27,30). The molecule has 3 aromatic rings. The molecular weight excluding hydrogens is 560 g/mol. The predicted molar refractivity (Wildman–Crippen MR) is 120 cm³/mol. The van der Waals surface area contributed by atoms with Gasteiger partial charge in [0.1, 0.15) is 11.5 Å². The number of rotatable bonds is 9. The Bertz CT molecular complexity index is 1410. The van der Waals surface area contributed by atoms with Gasteiger partial charge in [0.25, 0.3) is 11.7 Å². The number of thiazole rings is 1. The Morgan fingerprint density at radius 1 is 1.19 bits per heavy atom. The molecule has 0 aromatic carbocycles. The van der Waals surface area contributed by atoms with Gasteiger partial charge in [-0.15, -0.1) is 11.3 Å². The van der Waals surface area contributed by atoms with Crippen molar-refractivity contribution in [3.8, 4) is 11.4 Å². The summed E-state index contributed by atoms with van der Waals surface area (Å²) in [6.07, 6.45) is -8.37. The number of anilines is 1. The minimum atomic E-state index is -5.84. The van der Waals surface area contributed by atoms with Crippen LogP contribution in [0.3, 0.4) is 0 Å². The predicted octanol–water partition coefficient (Wildman–Crippen LogP) is 4.36. The fourth-order valence-electron chi connectivity index (χ4n) is 2.90. The van der Waals surface area contributed by atoms with Crippen LogP contribution in [0.25, 0.3) is 11.4 Å². The highest BCUT2D eigenvalue weighted by molar-refractivity contribution is 7.91. The lowest BCUT2D eigenvalue weighted by molar-refractivity contribution is -0.247. The van der Waals surface area contributed by atoms with Crippen molar-refractivity contribution in [1.82, 2.24) is 19.5 Å². The van der Waals surface area contributed by atoms with E-state index in [1.54, 1.807) is 0 Å². The van der Waals surface area contributed by atoms with Gasteiger partial charge in [-0.25, -0.2) is 36.5 Å². The highest BCUT2D eigenvalue weighted by Gasteiger charge is 2.57. The average molecular weight is 576 g/mol. The van der Waals surface area contributed by atoms with E-state index in [0.29, 0.717) is 16.9 Å². The highest BCUT2D eigenvalue weighted by Crippen LogP contribution is 2.36. The molecule has 36 heavy (non-hydrogen) atoms. The van der Waals surface area contributed by atoms with Crippen LogP contribution in [-0.2, 0) is 22.9 Å². The first-order valence-electron chi connectivity index (χ1n) is 9.87. The van der Waals surface area contributed by atoms with E-state index in [1.165, 1.54) is 36.6 Å². The SMILES string of the molecule is CCS(=O)(=O)c1ccc(NCc2cnc(Cl)s2)nc1-c1cc(=O)n(CC(F)(F)C(F)C(F)(F)F)cn1. The molecule has 0 aliphatic carbocycles. The molecule has 3 rings (SSSR count). The highest BCUT2D eigenvalue weighted by atomic mass is 35.5. The normalized spacial score (nSPS) is 13.6. The second-order valence-electron chi connectivity index (χ2n) is 7.29. The van der Waals surface area contributed by atoms with Crippen molar-refractivity contribution in [2.45, 2.75) is 43.2 Å². The van der Waals surface area contributed by atoms with Gasteiger partial charge < -0.3 is 5.32 Å². The van der Waals surface area contributed by atoms with Gasteiger partial charge in [-0.1, -0.05) is 18.5 Å². The number of sulfone groups is 1. The van der Waals surface area contributed by atoms with Gasteiger partial charge in [-0.3, -0.25) is 9.36 Å². The number of aromatic nitrogens is 4. The molecule has 8 nitrogen and oxygen atoms in total. The number of hydrogen-bond acceptors (Lipinski definition) is 8. The fraction of sp³-hybridized carbons (Fsp3) is 0.368. The maximum Gasteiger partial charge on any atom is 0.425 e. The van der Waals surface area contributed by atoms with Crippen LogP contribution in [0.15, 0.2) is 40.4 Å². The second-order valence-corrected chi connectivity index (χ2v) is 11.2. The zero-order chi connectivity index (χ0) is 26.9. The maximum absolute atomic E-state index is 13.8. The van der Waals surface area contributed by atoms with Crippen LogP contribution >= 0.6 is 22.9 Å². The third-order valence-electron chi connectivity index (χ3n) is 4.70. The van der Waals surface area contributed by atoms with Crippen molar-refractivity contribution in [2.75, 3.05) is 11.1 Å². The number of nitrogens with zero attached hydrogens (tertiary/aromatic N) is 4. The molecule has 17 heteroatoms. The first-order valence-corrected chi connectivity index (χ1v) is 12.7. The molecule has 196 valence electrons. The molecule has 0 spiro atoms. The van der Waals surface area contributed by atoms with Gasteiger partial charge in [0.15, 0.2) is 14.3 Å². The third kappa shape index (κ3) is 6.34. The zero-order valence-electron chi connectivity index (χ0n) is 18.1. The van der Waals surface area contributed by atoms with Crippen molar-refractivity contribution < 1.29 is 34.8 Å².